The molecule has 0 aliphatic carbocycles. The smallest absolute Gasteiger partial charge is 0.275 e. The number of pyridine rings is 2. The first-order valence-corrected chi connectivity index (χ1v) is 8.37. The molecule has 0 unspecified atom stereocenters. The molecule has 0 saturated carbocycles. The van der Waals surface area contributed by atoms with Gasteiger partial charge in [-0.05, 0) is 24.3 Å². The van der Waals surface area contributed by atoms with Gasteiger partial charge in [-0.2, -0.15) is 0 Å². The van der Waals surface area contributed by atoms with E-state index in [0.717, 1.165) is 15.8 Å². The van der Waals surface area contributed by atoms with Crippen LogP contribution in [-0.4, -0.2) is 27.5 Å². The van der Waals surface area contributed by atoms with E-state index in [0.29, 0.717) is 0 Å². The third-order valence-electron chi connectivity index (χ3n) is 3.33. The number of hydrogen-bond acceptors (Lipinski definition) is 5. The quantitative estimate of drug-likeness (QED) is 0.486. The molecule has 0 atom stereocenters. The number of para-hydroxylation sites is 1. The van der Waals surface area contributed by atoms with Crippen LogP contribution in [0.25, 0.3) is 10.9 Å². The van der Waals surface area contributed by atoms with Gasteiger partial charge < -0.3 is 4.98 Å². The number of carbonyl (C=O) groups excluding carboxylic acids is 2. The molecule has 2 amide bonds. The Bertz CT molecular complexity index is 981. The van der Waals surface area contributed by atoms with Crippen molar-refractivity contribution < 1.29 is 9.59 Å². The number of thioether (sulfide) groups is 1. The highest BCUT2D eigenvalue weighted by Gasteiger charge is 2.11. The number of aromatic nitrogens is 2. The van der Waals surface area contributed by atoms with Crippen LogP contribution < -0.4 is 16.4 Å². The number of benzene rings is 1. The highest BCUT2D eigenvalue weighted by atomic mass is 32.2. The lowest BCUT2D eigenvalue weighted by Gasteiger charge is -2.08. The first-order chi connectivity index (χ1) is 12.1. The molecule has 1 aromatic carbocycles. The molecule has 0 aliphatic rings. The van der Waals surface area contributed by atoms with Gasteiger partial charge in [0.05, 0.1) is 11.3 Å². The first-order valence-electron chi connectivity index (χ1n) is 7.38. The number of carbonyl (C=O) groups is 2. The van der Waals surface area contributed by atoms with Gasteiger partial charge in [-0.3, -0.25) is 30.2 Å². The van der Waals surface area contributed by atoms with E-state index in [2.05, 4.69) is 20.8 Å². The largest absolute Gasteiger partial charge is 0.328 e. The molecule has 3 aromatic rings. The van der Waals surface area contributed by atoms with Gasteiger partial charge in [0.15, 0.2) is 0 Å². The van der Waals surface area contributed by atoms with Crippen molar-refractivity contribution in [1.82, 2.24) is 20.8 Å². The van der Waals surface area contributed by atoms with Crippen LogP contribution in [-0.2, 0) is 4.79 Å². The molecule has 3 rings (SSSR count). The molecule has 0 spiro atoms. The molecular weight excluding hydrogens is 340 g/mol. The summed E-state index contributed by atoms with van der Waals surface area (Å²) in [6.45, 7) is 0. The van der Waals surface area contributed by atoms with Crippen LogP contribution in [0.3, 0.4) is 0 Å². The predicted octanol–water partition coefficient (Wildman–Crippen LogP) is 1.48. The predicted molar refractivity (Wildman–Crippen MR) is 95.1 cm³/mol. The Morgan fingerprint density at radius 2 is 1.92 bits per heavy atom. The van der Waals surface area contributed by atoms with Crippen LogP contribution in [0.15, 0.2) is 64.5 Å². The average Bonchev–Trinajstić information content (AvgIpc) is 2.64. The summed E-state index contributed by atoms with van der Waals surface area (Å²) in [6, 6.07) is 12.4. The van der Waals surface area contributed by atoms with Gasteiger partial charge in [0.2, 0.25) is 5.91 Å². The molecular formula is C17H14N4O3S. The summed E-state index contributed by atoms with van der Waals surface area (Å²) in [5.74, 6) is -0.966. The maximum absolute atomic E-state index is 11.9. The molecule has 0 bridgehead atoms. The Hall–Kier alpha value is -3.13. The van der Waals surface area contributed by atoms with E-state index in [-0.39, 0.29) is 11.3 Å². The number of rotatable bonds is 4. The van der Waals surface area contributed by atoms with Crippen LogP contribution in [0.5, 0.6) is 0 Å². The summed E-state index contributed by atoms with van der Waals surface area (Å²) in [6.07, 6.45) is 3.12. The van der Waals surface area contributed by atoms with E-state index >= 15 is 0 Å². The fourth-order valence-corrected chi connectivity index (χ4v) is 3.01. The lowest BCUT2D eigenvalue weighted by molar-refractivity contribution is -0.119. The number of hydrogen-bond donors (Lipinski definition) is 3. The van der Waals surface area contributed by atoms with Gasteiger partial charge in [0.1, 0.15) is 5.56 Å². The van der Waals surface area contributed by atoms with Crippen LogP contribution >= 0.6 is 11.8 Å². The topological polar surface area (TPSA) is 104 Å². The van der Waals surface area contributed by atoms with Crippen LogP contribution in [0.1, 0.15) is 10.4 Å². The zero-order valence-corrected chi connectivity index (χ0v) is 13.8. The second kappa shape index (κ2) is 7.63. The van der Waals surface area contributed by atoms with Crippen molar-refractivity contribution in [2.24, 2.45) is 0 Å². The van der Waals surface area contributed by atoms with Crippen molar-refractivity contribution in [2.75, 3.05) is 5.75 Å². The first kappa shape index (κ1) is 16.7. The molecule has 0 aliphatic heterocycles. The van der Waals surface area contributed by atoms with E-state index in [1.807, 2.05) is 30.3 Å². The summed E-state index contributed by atoms with van der Waals surface area (Å²) in [5.41, 5.74) is 4.74. The third-order valence-corrected chi connectivity index (χ3v) is 4.38. The Balaban J connectivity index is 1.57. The Morgan fingerprint density at radius 3 is 2.76 bits per heavy atom. The summed E-state index contributed by atoms with van der Waals surface area (Å²) in [4.78, 5) is 42.9. The molecule has 7 nitrogen and oxygen atoms in total. The lowest BCUT2D eigenvalue weighted by Crippen LogP contribution is -2.44. The van der Waals surface area contributed by atoms with Gasteiger partial charge in [-0.15, -0.1) is 11.8 Å². The highest BCUT2D eigenvalue weighted by Crippen LogP contribution is 2.25. The van der Waals surface area contributed by atoms with Gasteiger partial charge >= 0.3 is 0 Å². The van der Waals surface area contributed by atoms with E-state index in [1.54, 1.807) is 6.20 Å². The van der Waals surface area contributed by atoms with Crippen molar-refractivity contribution in [3.8, 4) is 0 Å². The molecule has 3 N–H and O–H groups in total. The highest BCUT2D eigenvalue weighted by molar-refractivity contribution is 8.00. The number of fused-ring (bicyclic) bond motifs is 1. The summed E-state index contributed by atoms with van der Waals surface area (Å²) in [7, 11) is 0. The standard InChI is InChI=1S/C17H14N4O3S/c22-14(20-21-17(24)12-6-3-9-19-16(12)23)10-25-13-7-1-4-11-5-2-8-18-15(11)13/h1-9H,10H2,(H,19,23)(H,20,22)(H,21,24). The van der Waals surface area contributed by atoms with Gasteiger partial charge in [0, 0.05) is 22.7 Å². The van der Waals surface area contributed by atoms with E-state index < -0.39 is 17.4 Å². The molecule has 0 saturated heterocycles. The Kier molecular flexibility index (Phi) is 5.10. The van der Waals surface area contributed by atoms with Gasteiger partial charge in [-0.25, -0.2) is 0 Å². The minimum absolute atomic E-state index is 0.0753. The summed E-state index contributed by atoms with van der Waals surface area (Å²) < 4.78 is 0. The minimum atomic E-state index is -0.674. The molecule has 25 heavy (non-hydrogen) atoms. The van der Waals surface area contributed by atoms with E-state index in [4.69, 9.17) is 0 Å². The molecule has 8 heteroatoms. The number of aromatic amines is 1. The summed E-state index contributed by atoms with van der Waals surface area (Å²) >= 11 is 1.31. The van der Waals surface area contributed by atoms with Crippen LogP contribution in [0, 0.1) is 0 Å². The second-order valence-corrected chi connectivity index (χ2v) is 6.05. The molecule has 0 radical (unpaired) electrons. The zero-order chi connectivity index (χ0) is 17.6. The SMILES string of the molecule is O=C(CSc1cccc2cccnc12)NNC(=O)c1ccc[nH]c1=O. The number of hydrazine groups is 1. The van der Waals surface area contributed by atoms with Gasteiger partial charge in [0.25, 0.3) is 11.5 Å². The molecule has 0 fully saturated rings. The molecule has 126 valence electrons. The normalized spacial score (nSPS) is 10.4. The molecule has 2 heterocycles. The average molecular weight is 354 g/mol. The fraction of sp³-hybridized carbons (Fsp3) is 0.0588. The maximum Gasteiger partial charge on any atom is 0.275 e. The van der Waals surface area contributed by atoms with Crippen molar-refractivity contribution in [3.05, 3.63) is 70.8 Å². The monoisotopic (exact) mass is 354 g/mol. The second-order valence-electron chi connectivity index (χ2n) is 5.04. The van der Waals surface area contributed by atoms with E-state index in [9.17, 15) is 14.4 Å². The zero-order valence-electron chi connectivity index (χ0n) is 13.0. The van der Waals surface area contributed by atoms with Crippen molar-refractivity contribution >= 4 is 34.5 Å². The van der Waals surface area contributed by atoms with Crippen LogP contribution in [0.2, 0.25) is 0 Å². The van der Waals surface area contributed by atoms with Crippen molar-refractivity contribution in [1.29, 1.82) is 0 Å². The number of H-pyrrole nitrogens is 1. The minimum Gasteiger partial charge on any atom is -0.328 e. The Morgan fingerprint density at radius 1 is 1.08 bits per heavy atom. The molecule has 2 aromatic heterocycles. The van der Waals surface area contributed by atoms with Crippen molar-refractivity contribution in [2.45, 2.75) is 4.90 Å². The third kappa shape index (κ3) is 4.04. The lowest BCUT2D eigenvalue weighted by atomic mass is 10.2. The number of nitrogens with one attached hydrogen (secondary N) is 3. The number of amides is 2. The fourth-order valence-electron chi connectivity index (χ4n) is 2.17. The van der Waals surface area contributed by atoms with Gasteiger partial charge in [-0.1, -0.05) is 18.2 Å². The van der Waals surface area contributed by atoms with Crippen LogP contribution in [0.4, 0.5) is 0 Å². The number of nitrogens with zero attached hydrogens (tertiary/aromatic N) is 1. The van der Waals surface area contributed by atoms with E-state index in [1.165, 1.54) is 30.1 Å². The van der Waals surface area contributed by atoms with Crippen molar-refractivity contribution in [3.63, 3.8) is 0 Å². The maximum atomic E-state index is 11.9. The summed E-state index contributed by atoms with van der Waals surface area (Å²) in [5, 5.41) is 0.990. The Labute approximate surface area is 146 Å².